The number of nitrogens with one attached hydrogen (secondary N) is 1. The molecule has 2 aliphatic rings. The third-order valence-electron chi connectivity index (χ3n) is 3.34. The van der Waals surface area contributed by atoms with E-state index in [0.29, 0.717) is 22.2 Å². The molecule has 0 bridgehead atoms. The molecule has 0 aliphatic carbocycles. The maximum absolute atomic E-state index is 11.9. The van der Waals surface area contributed by atoms with Gasteiger partial charge in [-0.1, -0.05) is 23.1 Å². The predicted molar refractivity (Wildman–Crippen MR) is 82.0 cm³/mol. The standard InChI is InChI=1S/C11H13N5O3S3/c1-13-10-14-15-11(22-10)21-3-4-2-20-8-5(12)7(17)16(8)6(4)9(18)19/h5,8H,2-3,12H2,1H3,(H,13,14)(H,18,19)/t5-,8+/m1/s1. The Balaban J connectivity index is 1.78. The summed E-state index contributed by atoms with van der Waals surface area (Å²) in [6.45, 7) is 0. The normalized spacial score (nSPS) is 24.1. The van der Waals surface area contributed by atoms with Crippen LogP contribution in [0.5, 0.6) is 0 Å². The number of amides is 1. The van der Waals surface area contributed by atoms with Crippen LogP contribution in [0.3, 0.4) is 0 Å². The highest BCUT2D eigenvalue weighted by molar-refractivity contribution is 8.01. The molecule has 118 valence electrons. The van der Waals surface area contributed by atoms with Crippen LogP contribution < -0.4 is 16.2 Å². The third kappa shape index (κ3) is 2.57. The number of thioether (sulfide) groups is 2. The van der Waals surface area contributed by atoms with Crippen LogP contribution in [-0.2, 0) is 9.59 Å². The van der Waals surface area contributed by atoms with Crippen molar-refractivity contribution in [2.24, 2.45) is 0 Å². The Bertz CT molecular complexity index is 661. The first-order valence-electron chi connectivity index (χ1n) is 6.38. The van der Waals surface area contributed by atoms with E-state index in [9.17, 15) is 14.7 Å². The molecular formula is C11H13N5O3S3. The van der Waals surface area contributed by atoms with Gasteiger partial charge in [0.2, 0.25) is 5.13 Å². The minimum Gasteiger partial charge on any atom is -0.543 e. The Morgan fingerprint density at radius 3 is 3.00 bits per heavy atom. The SMILES string of the molecule is CNc1nnc(SCC2=C(C(=O)[O-])N3C(=O)[C@@H]([NH3+])[C@@H]3SC2)s1. The molecule has 4 N–H and O–H groups in total. The number of anilines is 1. The van der Waals surface area contributed by atoms with Crippen molar-refractivity contribution in [1.29, 1.82) is 0 Å². The summed E-state index contributed by atoms with van der Waals surface area (Å²) in [4.78, 5) is 24.6. The van der Waals surface area contributed by atoms with Gasteiger partial charge in [-0.25, -0.2) is 0 Å². The first kappa shape index (κ1) is 15.6. The van der Waals surface area contributed by atoms with Crippen molar-refractivity contribution >= 4 is 51.9 Å². The number of aromatic nitrogens is 2. The molecule has 0 aromatic carbocycles. The molecule has 1 aromatic rings. The lowest BCUT2D eigenvalue weighted by Gasteiger charge is -2.47. The molecule has 2 aliphatic heterocycles. The Kier molecular flexibility index (Phi) is 4.30. The fraction of sp³-hybridized carbons (Fsp3) is 0.455. The largest absolute Gasteiger partial charge is 0.543 e. The molecule has 0 spiro atoms. The molecule has 22 heavy (non-hydrogen) atoms. The van der Waals surface area contributed by atoms with Crippen molar-refractivity contribution < 1.29 is 20.4 Å². The van der Waals surface area contributed by atoms with Gasteiger partial charge in [-0.2, -0.15) is 0 Å². The molecule has 8 nitrogen and oxygen atoms in total. The summed E-state index contributed by atoms with van der Waals surface area (Å²) in [6, 6.07) is -0.380. The smallest absolute Gasteiger partial charge is 0.289 e. The van der Waals surface area contributed by atoms with E-state index in [2.05, 4.69) is 21.2 Å². The van der Waals surface area contributed by atoms with Crippen molar-refractivity contribution in [2.45, 2.75) is 15.8 Å². The fourth-order valence-corrected chi connectivity index (χ4v) is 5.41. The van der Waals surface area contributed by atoms with Gasteiger partial charge in [0.05, 0.1) is 11.7 Å². The lowest BCUT2D eigenvalue weighted by molar-refractivity contribution is -0.424. The van der Waals surface area contributed by atoms with Crippen LogP contribution in [0, 0.1) is 0 Å². The van der Waals surface area contributed by atoms with Gasteiger partial charge in [0.15, 0.2) is 10.4 Å². The van der Waals surface area contributed by atoms with Gasteiger partial charge >= 0.3 is 0 Å². The van der Waals surface area contributed by atoms with Gasteiger partial charge in [0, 0.05) is 18.6 Å². The maximum atomic E-state index is 11.9. The minimum atomic E-state index is -1.31. The van der Waals surface area contributed by atoms with Crippen LogP contribution >= 0.6 is 34.9 Å². The number of β-lactam (4-membered cyclic amide) rings is 1. The van der Waals surface area contributed by atoms with Crippen LogP contribution in [-0.4, -0.2) is 56.9 Å². The second kappa shape index (κ2) is 6.07. The van der Waals surface area contributed by atoms with Crippen molar-refractivity contribution in [3.63, 3.8) is 0 Å². The van der Waals surface area contributed by atoms with Gasteiger partial charge in [-0.05, 0) is 5.57 Å². The van der Waals surface area contributed by atoms with Gasteiger partial charge in [-0.15, -0.1) is 22.0 Å². The molecule has 0 radical (unpaired) electrons. The average Bonchev–Trinajstić information content (AvgIpc) is 2.99. The number of aliphatic carboxylic acids is 1. The van der Waals surface area contributed by atoms with E-state index in [1.54, 1.807) is 7.05 Å². The Labute approximate surface area is 138 Å². The second-order valence-corrected chi connectivity index (χ2v) is 7.97. The quantitative estimate of drug-likeness (QED) is 0.466. The fourth-order valence-electron chi connectivity index (χ4n) is 2.25. The number of nitrogens with zero attached hydrogens (tertiary/aromatic N) is 3. The maximum Gasteiger partial charge on any atom is 0.289 e. The Morgan fingerprint density at radius 2 is 2.36 bits per heavy atom. The van der Waals surface area contributed by atoms with Crippen molar-refractivity contribution in [3.8, 4) is 0 Å². The van der Waals surface area contributed by atoms with Crippen LogP contribution in [0.1, 0.15) is 0 Å². The monoisotopic (exact) mass is 359 g/mol. The van der Waals surface area contributed by atoms with Gasteiger partial charge in [0.25, 0.3) is 5.91 Å². The first-order valence-corrected chi connectivity index (χ1v) is 9.23. The zero-order valence-electron chi connectivity index (χ0n) is 11.6. The number of carboxylic acid groups (broad SMARTS) is 1. The zero-order chi connectivity index (χ0) is 15.9. The van der Waals surface area contributed by atoms with E-state index in [4.69, 9.17) is 0 Å². The second-order valence-electron chi connectivity index (χ2n) is 4.67. The lowest BCUT2D eigenvalue weighted by atomic mass is 10.0. The summed E-state index contributed by atoms with van der Waals surface area (Å²) in [5.74, 6) is -0.580. The van der Waals surface area contributed by atoms with Crippen LogP contribution in [0.4, 0.5) is 5.13 Å². The molecule has 2 atom stereocenters. The minimum absolute atomic E-state index is 0.000458. The van der Waals surface area contributed by atoms with Crippen LogP contribution in [0.25, 0.3) is 0 Å². The number of fused-ring (bicyclic) bond motifs is 1. The molecule has 0 unspecified atom stereocenters. The molecule has 3 rings (SSSR count). The molecule has 3 heterocycles. The summed E-state index contributed by atoms with van der Waals surface area (Å²) in [5, 5.41) is 22.8. The molecule has 11 heteroatoms. The number of carbonyl (C=O) groups is 2. The molecule has 1 saturated heterocycles. The third-order valence-corrected chi connectivity index (χ3v) is 6.90. The first-order chi connectivity index (χ1) is 10.5. The summed E-state index contributed by atoms with van der Waals surface area (Å²) in [6.07, 6.45) is 0. The number of quaternary nitrogens is 1. The number of rotatable bonds is 5. The van der Waals surface area contributed by atoms with Crippen molar-refractivity contribution in [1.82, 2.24) is 15.1 Å². The van der Waals surface area contributed by atoms with Gasteiger partial charge in [-0.3, -0.25) is 9.69 Å². The summed E-state index contributed by atoms with van der Waals surface area (Å²) in [5.41, 5.74) is 4.43. The zero-order valence-corrected chi connectivity index (χ0v) is 14.0. The lowest BCUT2D eigenvalue weighted by Crippen LogP contribution is -2.83. The Morgan fingerprint density at radius 1 is 1.59 bits per heavy atom. The average molecular weight is 359 g/mol. The summed E-state index contributed by atoms with van der Waals surface area (Å²) >= 11 is 4.33. The molecule has 1 amide bonds. The summed E-state index contributed by atoms with van der Waals surface area (Å²) in [7, 11) is 1.76. The predicted octanol–water partition coefficient (Wildman–Crippen LogP) is -1.80. The number of hydrogen-bond acceptors (Lipinski definition) is 9. The molecular weight excluding hydrogens is 346 g/mol. The number of carboxylic acids is 1. The topological polar surface area (TPSA) is 126 Å². The van der Waals surface area contributed by atoms with Crippen molar-refractivity contribution in [3.05, 3.63) is 11.3 Å². The highest BCUT2D eigenvalue weighted by atomic mass is 32.2. The van der Waals surface area contributed by atoms with Gasteiger partial charge in [0.1, 0.15) is 5.37 Å². The Hall–Kier alpha value is -1.30. The molecule has 1 fully saturated rings. The highest BCUT2D eigenvalue weighted by Gasteiger charge is 2.53. The van der Waals surface area contributed by atoms with Crippen LogP contribution in [0.2, 0.25) is 0 Å². The molecule has 0 saturated carbocycles. The van der Waals surface area contributed by atoms with Crippen LogP contribution in [0.15, 0.2) is 15.6 Å². The number of carbonyl (C=O) groups excluding carboxylic acids is 2. The van der Waals surface area contributed by atoms with E-state index in [1.165, 1.54) is 39.8 Å². The molecule has 1 aromatic heterocycles. The summed E-state index contributed by atoms with van der Waals surface area (Å²) < 4.78 is 0.742. The van der Waals surface area contributed by atoms with E-state index >= 15 is 0 Å². The number of hydrogen-bond donors (Lipinski definition) is 2. The van der Waals surface area contributed by atoms with E-state index in [0.717, 1.165) is 4.34 Å². The van der Waals surface area contributed by atoms with Gasteiger partial charge < -0.3 is 21.0 Å². The van der Waals surface area contributed by atoms with E-state index < -0.39 is 5.97 Å². The van der Waals surface area contributed by atoms with Crippen molar-refractivity contribution in [2.75, 3.05) is 23.9 Å². The highest BCUT2D eigenvalue weighted by Crippen LogP contribution is 2.40. The van der Waals surface area contributed by atoms with E-state index in [1.807, 2.05) is 0 Å². The van der Waals surface area contributed by atoms with E-state index in [-0.39, 0.29) is 23.0 Å².